The molecule has 5 heteroatoms. The molecule has 2 amide bonds. The van der Waals surface area contributed by atoms with E-state index in [9.17, 15) is 9.59 Å². The summed E-state index contributed by atoms with van der Waals surface area (Å²) in [4.78, 5) is 26.1. The molecule has 0 saturated heterocycles. The van der Waals surface area contributed by atoms with E-state index in [0.29, 0.717) is 31.0 Å². The smallest absolute Gasteiger partial charge is 0.257 e. The number of rotatable bonds is 9. The van der Waals surface area contributed by atoms with Crippen molar-refractivity contribution in [1.29, 1.82) is 0 Å². The number of hydrogen-bond acceptors (Lipinski definition) is 3. The van der Waals surface area contributed by atoms with Crippen LogP contribution in [0.3, 0.4) is 0 Å². The molecule has 5 nitrogen and oxygen atoms in total. The Morgan fingerprint density at radius 1 is 1.27 bits per heavy atom. The van der Waals surface area contributed by atoms with Crippen LogP contribution in [0.25, 0.3) is 0 Å². The number of carbonyl (C=O) groups is 2. The van der Waals surface area contributed by atoms with E-state index >= 15 is 0 Å². The van der Waals surface area contributed by atoms with Crippen molar-refractivity contribution < 1.29 is 14.0 Å². The van der Waals surface area contributed by atoms with Crippen molar-refractivity contribution in [2.45, 2.75) is 53.0 Å². The lowest BCUT2D eigenvalue weighted by Gasteiger charge is -2.23. The predicted molar refractivity (Wildman–Crippen MR) is 86.6 cm³/mol. The van der Waals surface area contributed by atoms with E-state index in [1.807, 2.05) is 13.8 Å². The van der Waals surface area contributed by atoms with Gasteiger partial charge in [-0.25, -0.2) is 0 Å². The Kier molecular flexibility index (Phi) is 7.71. The lowest BCUT2D eigenvalue weighted by Crippen LogP contribution is -2.38. The second-order valence-electron chi connectivity index (χ2n) is 6.11. The lowest BCUT2D eigenvalue weighted by atomic mass is 10.1. The third kappa shape index (κ3) is 6.33. The maximum Gasteiger partial charge on any atom is 0.257 e. The van der Waals surface area contributed by atoms with Crippen molar-refractivity contribution in [2.75, 3.05) is 13.1 Å². The van der Waals surface area contributed by atoms with E-state index in [2.05, 4.69) is 19.2 Å². The van der Waals surface area contributed by atoms with Crippen molar-refractivity contribution in [1.82, 2.24) is 10.2 Å². The molecule has 0 saturated carbocycles. The number of nitrogens with zero attached hydrogens (tertiary/aromatic N) is 1. The van der Waals surface area contributed by atoms with Crippen molar-refractivity contribution in [2.24, 2.45) is 5.92 Å². The van der Waals surface area contributed by atoms with Gasteiger partial charge in [0.25, 0.3) is 5.91 Å². The first-order valence-corrected chi connectivity index (χ1v) is 8.04. The van der Waals surface area contributed by atoms with Crippen LogP contribution in [0.4, 0.5) is 0 Å². The van der Waals surface area contributed by atoms with Crippen LogP contribution in [-0.4, -0.2) is 35.8 Å². The molecule has 0 fully saturated rings. The molecule has 0 radical (unpaired) electrons. The quantitative estimate of drug-likeness (QED) is 0.762. The zero-order chi connectivity index (χ0) is 16.5. The summed E-state index contributed by atoms with van der Waals surface area (Å²) in [5, 5.41) is 2.93. The lowest BCUT2D eigenvalue weighted by molar-refractivity contribution is -0.121. The summed E-state index contributed by atoms with van der Waals surface area (Å²) in [5.41, 5.74) is 0.533. The molecule has 1 aromatic heterocycles. The molecule has 22 heavy (non-hydrogen) atoms. The molecule has 1 rings (SSSR count). The maximum atomic E-state index is 12.4. The molecule has 1 heterocycles. The summed E-state index contributed by atoms with van der Waals surface area (Å²) in [7, 11) is 0. The summed E-state index contributed by atoms with van der Waals surface area (Å²) in [6.45, 7) is 9.33. The Bertz CT molecular complexity index is 454. The van der Waals surface area contributed by atoms with Crippen LogP contribution in [0.5, 0.6) is 0 Å². The minimum Gasteiger partial charge on any atom is -0.472 e. The van der Waals surface area contributed by atoms with Gasteiger partial charge < -0.3 is 14.6 Å². The molecule has 0 spiro atoms. The Morgan fingerprint density at radius 3 is 2.55 bits per heavy atom. The molecular weight excluding hydrogens is 280 g/mol. The fraction of sp³-hybridized carbons (Fsp3) is 0.647. The maximum absolute atomic E-state index is 12.4. The minimum atomic E-state index is -0.0780. The van der Waals surface area contributed by atoms with Gasteiger partial charge in [0.2, 0.25) is 5.91 Å². The topological polar surface area (TPSA) is 62.6 Å². The van der Waals surface area contributed by atoms with Crippen molar-refractivity contribution in [3.05, 3.63) is 24.2 Å². The van der Waals surface area contributed by atoms with E-state index in [0.717, 1.165) is 12.8 Å². The monoisotopic (exact) mass is 308 g/mol. The van der Waals surface area contributed by atoms with Crippen LogP contribution >= 0.6 is 0 Å². The molecule has 124 valence electrons. The Hall–Kier alpha value is -1.78. The molecular formula is C17H28N2O3. The minimum absolute atomic E-state index is 0.0103. The molecule has 1 aromatic rings. The number of hydrogen-bond donors (Lipinski definition) is 1. The highest BCUT2D eigenvalue weighted by Gasteiger charge is 2.18. The first-order valence-electron chi connectivity index (χ1n) is 8.04. The van der Waals surface area contributed by atoms with Gasteiger partial charge in [0.05, 0.1) is 11.8 Å². The predicted octanol–water partition coefficient (Wildman–Crippen LogP) is 3.07. The number of furan rings is 1. The Labute approximate surface area is 133 Å². The van der Waals surface area contributed by atoms with E-state index in [1.54, 1.807) is 11.0 Å². The molecule has 0 aliphatic rings. The normalized spacial score (nSPS) is 12.2. The third-order valence-electron chi connectivity index (χ3n) is 3.66. The number of carbonyl (C=O) groups excluding carboxylic acids is 2. The molecule has 0 aliphatic carbocycles. The third-order valence-corrected chi connectivity index (χ3v) is 3.66. The fourth-order valence-corrected chi connectivity index (χ4v) is 1.98. The van der Waals surface area contributed by atoms with Gasteiger partial charge in [-0.2, -0.15) is 0 Å². The van der Waals surface area contributed by atoms with Crippen molar-refractivity contribution in [3.63, 3.8) is 0 Å². The van der Waals surface area contributed by atoms with E-state index in [4.69, 9.17) is 4.42 Å². The first kappa shape index (κ1) is 18.3. The summed E-state index contributed by atoms with van der Waals surface area (Å²) in [6.07, 6.45) is 5.08. The van der Waals surface area contributed by atoms with E-state index < -0.39 is 0 Å². The summed E-state index contributed by atoms with van der Waals surface area (Å²) >= 11 is 0. The zero-order valence-corrected chi connectivity index (χ0v) is 14.1. The van der Waals surface area contributed by atoms with Crippen LogP contribution < -0.4 is 5.32 Å². The SMILES string of the molecule is CC[C@H](C)NC(=O)CCN(CCC(C)C)C(=O)c1ccoc1. The average molecular weight is 308 g/mol. The van der Waals surface area contributed by atoms with Gasteiger partial charge in [-0.05, 0) is 31.7 Å². The van der Waals surface area contributed by atoms with E-state index in [-0.39, 0.29) is 17.9 Å². The highest BCUT2D eigenvalue weighted by atomic mass is 16.3. The largest absolute Gasteiger partial charge is 0.472 e. The summed E-state index contributed by atoms with van der Waals surface area (Å²) in [6, 6.07) is 1.82. The van der Waals surface area contributed by atoms with Gasteiger partial charge in [-0.1, -0.05) is 20.8 Å². The van der Waals surface area contributed by atoms with Crippen LogP contribution in [0.1, 0.15) is 57.3 Å². The fourth-order valence-electron chi connectivity index (χ4n) is 1.98. The molecule has 0 aliphatic heterocycles. The van der Waals surface area contributed by atoms with Gasteiger partial charge in [0, 0.05) is 25.6 Å². The molecule has 1 atom stereocenters. The molecule has 1 N–H and O–H groups in total. The van der Waals surface area contributed by atoms with Gasteiger partial charge in [0.1, 0.15) is 6.26 Å². The standard InChI is InChI=1S/C17H28N2O3/c1-5-14(4)18-16(20)7-10-19(9-6-13(2)3)17(21)15-8-11-22-12-15/h8,11-14H,5-7,9-10H2,1-4H3,(H,18,20)/t14-/m0/s1. The van der Waals surface area contributed by atoms with Crippen molar-refractivity contribution >= 4 is 11.8 Å². The van der Waals surface area contributed by atoms with Crippen molar-refractivity contribution in [3.8, 4) is 0 Å². The Balaban J connectivity index is 2.58. The first-order chi connectivity index (χ1) is 10.4. The Morgan fingerprint density at radius 2 is 2.00 bits per heavy atom. The highest BCUT2D eigenvalue weighted by molar-refractivity contribution is 5.94. The molecule has 0 bridgehead atoms. The van der Waals surface area contributed by atoms with Crippen LogP contribution in [-0.2, 0) is 4.79 Å². The molecule has 0 unspecified atom stereocenters. The van der Waals surface area contributed by atoms with Gasteiger partial charge in [0.15, 0.2) is 0 Å². The number of nitrogens with one attached hydrogen (secondary N) is 1. The second-order valence-corrected chi connectivity index (χ2v) is 6.11. The van der Waals surface area contributed by atoms with Crippen LogP contribution in [0.15, 0.2) is 23.0 Å². The zero-order valence-electron chi connectivity index (χ0n) is 14.1. The molecule has 0 aromatic carbocycles. The summed E-state index contributed by atoms with van der Waals surface area (Å²) < 4.78 is 4.98. The van der Waals surface area contributed by atoms with Gasteiger partial charge >= 0.3 is 0 Å². The second kappa shape index (κ2) is 9.28. The van der Waals surface area contributed by atoms with Gasteiger partial charge in [-0.3, -0.25) is 9.59 Å². The average Bonchev–Trinajstić information content (AvgIpc) is 3.00. The van der Waals surface area contributed by atoms with Gasteiger partial charge in [-0.15, -0.1) is 0 Å². The van der Waals surface area contributed by atoms with Crippen LogP contribution in [0.2, 0.25) is 0 Å². The number of amides is 2. The van der Waals surface area contributed by atoms with Crippen LogP contribution in [0, 0.1) is 5.92 Å². The highest BCUT2D eigenvalue weighted by Crippen LogP contribution is 2.10. The van der Waals surface area contributed by atoms with E-state index in [1.165, 1.54) is 12.5 Å². The summed E-state index contributed by atoms with van der Waals surface area (Å²) in [5.74, 6) is 0.420.